The molecule has 40 heavy (non-hydrogen) atoms. The second-order valence-corrected chi connectivity index (χ2v) is 9.82. The van der Waals surface area contributed by atoms with Crippen molar-refractivity contribution in [2.45, 2.75) is 58.0 Å². The number of hydrazine groups is 1. The van der Waals surface area contributed by atoms with Gasteiger partial charge in [-0.2, -0.15) is 23.1 Å². The van der Waals surface area contributed by atoms with E-state index < -0.39 is 12.1 Å². The summed E-state index contributed by atoms with van der Waals surface area (Å²) >= 11 is 0. The Balaban J connectivity index is 0.000000559. The Kier molecular flexibility index (Phi) is 11.2. The number of hydrogen-bond donors (Lipinski definition) is 4. The predicted molar refractivity (Wildman–Crippen MR) is 144 cm³/mol. The van der Waals surface area contributed by atoms with Gasteiger partial charge in [-0.05, 0) is 56.8 Å². The zero-order chi connectivity index (χ0) is 29.3. The van der Waals surface area contributed by atoms with Gasteiger partial charge in [-0.3, -0.25) is 9.91 Å². The van der Waals surface area contributed by atoms with Gasteiger partial charge in [-0.1, -0.05) is 24.3 Å². The second-order valence-electron chi connectivity index (χ2n) is 9.82. The average molecular weight is 570 g/mol. The molecule has 2 aromatic rings. The fourth-order valence-corrected chi connectivity index (χ4v) is 4.63. The molecule has 1 aromatic carbocycles. The number of rotatable bonds is 9. The molecule has 14 heteroatoms. The summed E-state index contributed by atoms with van der Waals surface area (Å²) in [4.78, 5) is 20.3. The topological polar surface area (TPSA) is 152 Å². The minimum absolute atomic E-state index is 0.0323. The van der Waals surface area contributed by atoms with Gasteiger partial charge in [-0.25, -0.2) is 10.2 Å². The van der Waals surface area contributed by atoms with Crippen LogP contribution in [-0.2, 0) is 22.6 Å². The maximum atomic E-state index is 10.6. The zero-order valence-electron chi connectivity index (χ0n) is 22.8. The van der Waals surface area contributed by atoms with Crippen LogP contribution in [0.5, 0.6) is 6.01 Å². The van der Waals surface area contributed by atoms with Crippen LogP contribution in [0.1, 0.15) is 43.7 Å². The van der Waals surface area contributed by atoms with E-state index in [0.29, 0.717) is 24.0 Å². The molecule has 0 spiro atoms. The normalized spacial score (nSPS) is 17.1. The number of carboxylic acid groups (broad SMARTS) is 1. The summed E-state index contributed by atoms with van der Waals surface area (Å²) in [5.74, 6) is -1.61. The van der Waals surface area contributed by atoms with E-state index in [4.69, 9.17) is 30.8 Å². The van der Waals surface area contributed by atoms with Crippen LogP contribution in [0.3, 0.4) is 0 Å². The highest BCUT2D eigenvalue weighted by molar-refractivity contribution is 5.74. The number of nitrogen functional groups attached to an aromatic ring is 2. The van der Waals surface area contributed by atoms with E-state index in [1.807, 2.05) is 19.0 Å². The fourth-order valence-electron chi connectivity index (χ4n) is 4.63. The first-order valence-electron chi connectivity index (χ1n) is 13.2. The van der Waals surface area contributed by atoms with Crippen molar-refractivity contribution < 1.29 is 32.5 Å². The standard InChI is InChI=1S/C24H37N7O2.C2HF3O2/c1-17(20-8-12-32-13-9-20)33-24-28-22(26)21(25)23(29-24)31(27-2)16-19-7-5-6-18(14-19)15-30-10-3-4-11-30;3-2(4,5)1(6)7/h5-7,14,17,20,27H,3-4,8-13,15-16,25H2,1-2H3,(H2,26,28,29);(H,6,7). The smallest absolute Gasteiger partial charge is 0.475 e. The third-order valence-corrected chi connectivity index (χ3v) is 6.86. The number of nitrogens with one attached hydrogen (secondary N) is 1. The Bertz CT molecular complexity index is 1110. The number of halogens is 3. The molecule has 1 aromatic heterocycles. The number of alkyl halides is 3. The first-order chi connectivity index (χ1) is 19.0. The molecule has 0 saturated carbocycles. The van der Waals surface area contributed by atoms with E-state index in [2.05, 4.69) is 44.6 Å². The van der Waals surface area contributed by atoms with Crippen LogP contribution < -0.4 is 26.6 Å². The van der Waals surface area contributed by atoms with Crippen LogP contribution in [-0.4, -0.2) is 71.6 Å². The van der Waals surface area contributed by atoms with Crippen LogP contribution in [0.4, 0.5) is 30.5 Å². The van der Waals surface area contributed by atoms with E-state index in [1.165, 1.54) is 31.5 Å². The van der Waals surface area contributed by atoms with Crippen molar-refractivity contribution in [3.8, 4) is 6.01 Å². The number of aromatic nitrogens is 2. The number of nitrogens with zero attached hydrogens (tertiary/aromatic N) is 4. The Morgan fingerprint density at radius 3 is 2.45 bits per heavy atom. The lowest BCUT2D eigenvalue weighted by atomic mass is 9.95. The van der Waals surface area contributed by atoms with Crippen LogP contribution in [0.2, 0.25) is 0 Å². The molecule has 1 unspecified atom stereocenters. The molecule has 2 fully saturated rings. The van der Waals surface area contributed by atoms with E-state index >= 15 is 0 Å². The molecule has 0 radical (unpaired) electrons. The SMILES string of the molecule is CNN(Cc1cccc(CN2CCCC2)c1)c1nc(OC(C)C2CCOCC2)nc(N)c1N.O=C(O)C(F)(F)F. The summed E-state index contributed by atoms with van der Waals surface area (Å²) in [5.41, 5.74) is 18.4. The van der Waals surface area contributed by atoms with E-state index in [1.54, 1.807) is 0 Å². The van der Waals surface area contributed by atoms with Gasteiger partial charge in [-0.15, -0.1) is 0 Å². The summed E-state index contributed by atoms with van der Waals surface area (Å²) in [5, 5.41) is 9.01. The molecule has 6 N–H and O–H groups in total. The number of benzene rings is 1. The summed E-state index contributed by atoms with van der Waals surface area (Å²) in [7, 11) is 1.84. The van der Waals surface area contributed by atoms with Gasteiger partial charge in [0.05, 0.1) is 6.54 Å². The summed E-state index contributed by atoms with van der Waals surface area (Å²) in [6.45, 7) is 7.50. The molecule has 3 heterocycles. The highest BCUT2D eigenvalue weighted by atomic mass is 19.4. The van der Waals surface area contributed by atoms with Crippen LogP contribution in [0.15, 0.2) is 24.3 Å². The van der Waals surface area contributed by atoms with Crippen LogP contribution in [0, 0.1) is 5.92 Å². The highest BCUT2D eigenvalue weighted by Crippen LogP contribution is 2.30. The van der Waals surface area contributed by atoms with Crippen molar-refractivity contribution in [3.05, 3.63) is 35.4 Å². The van der Waals surface area contributed by atoms with E-state index in [-0.39, 0.29) is 17.9 Å². The third-order valence-electron chi connectivity index (χ3n) is 6.86. The monoisotopic (exact) mass is 569 g/mol. The second kappa shape index (κ2) is 14.3. The average Bonchev–Trinajstić information content (AvgIpc) is 3.43. The highest BCUT2D eigenvalue weighted by Gasteiger charge is 2.38. The number of aliphatic carboxylic acids is 1. The molecular formula is C26H38F3N7O4. The summed E-state index contributed by atoms with van der Waals surface area (Å²) in [6, 6.07) is 8.90. The maximum absolute atomic E-state index is 10.6. The molecule has 2 aliphatic heterocycles. The lowest BCUT2D eigenvalue weighted by Crippen LogP contribution is -2.36. The molecule has 4 rings (SSSR count). The Hall–Kier alpha value is -3.36. The molecule has 0 amide bonds. The van der Waals surface area contributed by atoms with Gasteiger partial charge in [0, 0.05) is 32.7 Å². The predicted octanol–water partition coefficient (Wildman–Crippen LogP) is 3.20. The molecule has 0 bridgehead atoms. The molecule has 2 aliphatic rings. The van der Waals surface area contributed by atoms with Gasteiger partial charge in [0.1, 0.15) is 11.8 Å². The van der Waals surface area contributed by atoms with Crippen molar-refractivity contribution in [2.24, 2.45) is 5.92 Å². The van der Waals surface area contributed by atoms with Gasteiger partial charge in [0.25, 0.3) is 0 Å². The number of carbonyl (C=O) groups is 1. The first kappa shape index (κ1) is 31.2. The molecule has 222 valence electrons. The molecular weight excluding hydrogens is 531 g/mol. The van der Waals surface area contributed by atoms with Crippen molar-refractivity contribution in [1.82, 2.24) is 20.3 Å². The molecule has 2 saturated heterocycles. The van der Waals surface area contributed by atoms with Crippen molar-refractivity contribution >= 4 is 23.3 Å². The van der Waals surface area contributed by atoms with Gasteiger partial charge in [0.2, 0.25) is 0 Å². The molecule has 11 nitrogen and oxygen atoms in total. The largest absolute Gasteiger partial charge is 0.490 e. The van der Waals surface area contributed by atoms with Crippen LogP contribution in [0.25, 0.3) is 0 Å². The van der Waals surface area contributed by atoms with Crippen molar-refractivity contribution in [3.63, 3.8) is 0 Å². The summed E-state index contributed by atoms with van der Waals surface area (Å²) < 4.78 is 43.3. The maximum Gasteiger partial charge on any atom is 0.490 e. The minimum atomic E-state index is -5.08. The van der Waals surface area contributed by atoms with Gasteiger partial charge < -0.3 is 26.0 Å². The van der Waals surface area contributed by atoms with Gasteiger partial charge >= 0.3 is 18.2 Å². The Morgan fingerprint density at radius 2 is 1.85 bits per heavy atom. The van der Waals surface area contributed by atoms with Gasteiger partial charge in [0.15, 0.2) is 11.6 Å². The van der Waals surface area contributed by atoms with Crippen molar-refractivity contribution in [2.75, 3.05) is 49.8 Å². The first-order valence-corrected chi connectivity index (χ1v) is 13.2. The fraction of sp³-hybridized carbons (Fsp3) is 0.577. The summed E-state index contributed by atoms with van der Waals surface area (Å²) in [6.07, 6.45) is -0.600. The molecule has 1 atom stereocenters. The van der Waals surface area contributed by atoms with E-state index in [0.717, 1.165) is 38.2 Å². The van der Waals surface area contributed by atoms with E-state index in [9.17, 15) is 13.2 Å². The zero-order valence-corrected chi connectivity index (χ0v) is 22.8. The number of nitrogens with two attached hydrogens (primary N) is 2. The number of carboxylic acids is 1. The van der Waals surface area contributed by atoms with Crippen molar-refractivity contribution in [1.29, 1.82) is 0 Å². The number of hydrogen-bond acceptors (Lipinski definition) is 10. The van der Waals surface area contributed by atoms with Crippen LogP contribution >= 0.6 is 0 Å². The lowest BCUT2D eigenvalue weighted by molar-refractivity contribution is -0.192. The quantitative estimate of drug-likeness (QED) is 0.330. The minimum Gasteiger partial charge on any atom is -0.475 e. The number of ether oxygens (including phenoxy) is 2. The number of anilines is 3. The Morgan fingerprint density at radius 1 is 1.23 bits per heavy atom. The molecule has 0 aliphatic carbocycles. The Labute approximate surface area is 231 Å². The third kappa shape index (κ3) is 9.10. The number of likely N-dealkylation sites (tertiary alicyclic amines) is 1. The lowest BCUT2D eigenvalue weighted by Gasteiger charge is -2.28.